The van der Waals surface area contributed by atoms with Gasteiger partial charge in [0.25, 0.3) is 0 Å². The van der Waals surface area contributed by atoms with E-state index in [0.29, 0.717) is 0 Å². The summed E-state index contributed by atoms with van der Waals surface area (Å²) in [6.07, 6.45) is -11.8. The Bertz CT molecular complexity index is 318. The maximum absolute atomic E-state index is 12.2. The molecule has 0 heterocycles. The van der Waals surface area contributed by atoms with Crippen molar-refractivity contribution in [3.63, 3.8) is 0 Å². The van der Waals surface area contributed by atoms with Crippen LogP contribution in [0.2, 0.25) is 0 Å². The SMILES string of the molecule is CC(C)(C)OC(=O)C(=CC(F)(F)F)C(F)(F)F. The predicted octanol–water partition coefficient (Wildman–Crippen LogP) is 3.38. The highest BCUT2D eigenvalue weighted by Gasteiger charge is 2.44. The van der Waals surface area contributed by atoms with Gasteiger partial charge in [0.15, 0.2) is 0 Å². The zero-order valence-corrected chi connectivity index (χ0v) is 9.16. The van der Waals surface area contributed by atoms with Crippen LogP contribution in [-0.4, -0.2) is 23.9 Å². The van der Waals surface area contributed by atoms with Gasteiger partial charge >= 0.3 is 18.3 Å². The molecule has 100 valence electrons. The standard InChI is InChI=1S/C9H10F6O2/c1-7(2,3)17-6(16)5(9(13,14)15)4-8(10,11)12/h4H,1-3H3. The number of rotatable bonds is 1. The van der Waals surface area contributed by atoms with E-state index in [1.807, 2.05) is 0 Å². The van der Waals surface area contributed by atoms with Crippen molar-refractivity contribution < 1.29 is 35.9 Å². The molecule has 17 heavy (non-hydrogen) atoms. The first-order valence-corrected chi connectivity index (χ1v) is 4.32. The fourth-order valence-electron chi connectivity index (χ4n) is 0.753. The van der Waals surface area contributed by atoms with Crippen LogP contribution in [0.3, 0.4) is 0 Å². The second-order valence-corrected chi connectivity index (χ2v) is 4.10. The van der Waals surface area contributed by atoms with E-state index in [4.69, 9.17) is 0 Å². The first kappa shape index (κ1) is 15.8. The molecule has 0 saturated carbocycles. The van der Waals surface area contributed by atoms with Crippen LogP contribution >= 0.6 is 0 Å². The van der Waals surface area contributed by atoms with Crippen molar-refractivity contribution in [2.75, 3.05) is 0 Å². The van der Waals surface area contributed by atoms with Gasteiger partial charge in [0.05, 0.1) is 0 Å². The molecule has 0 saturated heterocycles. The summed E-state index contributed by atoms with van der Waals surface area (Å²) in [6, 6.07) is 0. The largest absolute Gasteiger partial charge is 0.456 e. The first-order chi connectivity index (χ1) is 7.22. The van der Waals surface area contributed by atoms with Crippen LogP contribution in [0.25, 0.3) is 0 Å². The molecule has 0 aliphatic rings. The van der Waals surface area contributed by atoms with Gasteiger partial charge in [0.2, 0.25) is 0 Å². The summed E-state index contributed by atoms with van der Waals surface area (Å²) in [5, 5.41) is 0. The van der Waals surface area contributed by atoms with E-state index in [1.54, 1.807) is 0 Å². The maximum Gasteiger partial charge on any atom is 0.423 e. The number of ether oxygens (including phenoxy) is 1. The lowest BCUT2D eigenvalue weighted by atomic mass is 10.1. The van der Waals surface area contributed by atoms with E-state index in [2.05, 4.69) is 4.74 Å². The van der Waals surface area contributed by atoms with Crippen LogP contribution in [0.4, 0.5) is 26.3 Å². The molecule has 0 aromatic heterocycles. The van der Waals surface area contributed by atoms with Crippen molar-refractivity contribution in [2.45, 2.75) is 38.7 Å². The molecule has 0 radical (unpaired) electrons. The molecule has 0 rings (SSSR count). The van der Waals surface area contributed by atoms with E-state index in [0.717, 1.165) is 0 Å². The van der Waals surface area contributed by atoms with Gasteiger partial charge in [-0.3, -0.25) is 0 Å². The van der Waals surface area contributed by atoms with Crippen molar-refractivity contribution in [1.29, 1.82) is 0 Å². The third-order valence-electron chi connectivity index (χ3n) is 1.23. The zero-order chi connectivity index (χ0) is 14.1. The maximum atomic E-state index is 12.2. The van der Waals surface area contributed by atoms with E-state index < -0.39 is 35.6 Å². The van der Waals surface area contributed by atoms with Gasteiger partial charge in [-0.05, 0) is 20.8 Å². The number of esters is 1. The van der Waals surface area contributed by atoms with Crippen LogP contribution in [0.5, 0.6) is 0 Å². The molecule has 0 aliphatic heterocycles. The monoisotopic (exact) mass is 264 g/mol. The Kier molecular flexibility index (Phi) is 4.25. The van der Waals surface area contributed by atoms with Gasteiger partial charge in [-0.1, -0.05) is 0 Å². The molecule has 0 atom stereocenters. The summed E-state index contributed by atoms with van der Waals surface area (Å²) < 4.78 is 76.4. The summed E-state index contributed by atoms with van der Waals surface area (Å²) in [7, 11) is 0. The molecule has 0 unspecified atom stereocenters. The highest BCUT2D eigenvalue weighted by atomic mass is 19.4. The first-order valence-electron chi connectivity index (χ1n) is 4.32. The fourth-order valence-corrected chi connectivity index (χ4v) is 0.753. The molecule has 2 nitrogen and oxygen atoms in total. The highest BCUT2D eigenvalue weighted by molar-refractivity contribution is 5.90. The smallest absolute Gasteiger partial charge is 0.423 e. The molecule has 0 N–H and O–H groups in total. The second-order valence-electron chi connectivity index (χ2n) is 4.10. The molecular weight excluding hydrogens is 254 g/mol. The van der Waals surface area contributed by atoms with Crippen molar-refractivity contribution in [1.82, 2.24) is 0 Å². The Labute approximate surface area is 93.2 Å². The number of alkyl halides is 6. The van der Waals surface area contributed by atoms with Gasteiger partial charge in [-0.15, -0.1) is 0 Å². The van der Waals surface area contributed by atoms with Crippen LogP contribution in [0.15, 0.2) is 11.6 Å². The summed E-state index contributed by atoms with van der Waals surface area (Å²) in [4.78, 5) is 11.0. The highest BCUT2D eigenvalue weighted by Crippen LogP contribution is 2.31. The lowest BCUT2D eigenvalue weighted by Crippen LogP contribution is -2.31. The van der Waals surface area contributed by atoms with Crippen molar-refractivity contribution in [2.24, 2.45) is 0 Å². The molecule has 0 fully saturated rings. The third-order valence-corrected chi connectivity index (χ3v) is 1.23. The Hall–Kier alpha value is -1.21. The lowest BCUT2D eigenvalue weighted by molar-refractivity contribution is -0.162. The van der Waals surface area contributed by atoms with Gasteiger partial charge in [-0.25, -0.2) is 4.79 Å². The van der Waals surface area contributed by atoms with Crippen LogP contribution in [0, 0.1) is 0 Å². The average Bonchev–Trinajstić information content (AvgIpc) is 1.92. The van der Waals surface area contributed by atoms with E-state index in [9.17, 15) is 31.1 Å². The average molecular weight is 264 g/mol. The Morgan fingerprint density at radius 1 is 1.00 bits per heavy atom. The van der Waals surface area contributed by atoms with E-state index in [-0.39, 0.29) is 0 Å². The predicted molar refractivity (Wildman–Crippen MR) is 46.0 cm³/mol. The molecule has 0 bridgehead atoms. The van der Waals surface area contributed by atoms with Crippen molar-refractivity contribution in [3.05, 3.63) is 11.6 Å². The minimum Gasteiger partial charge on any atom is -0.456 e. The second kappa shape index (κ2) is 4.58. The molecular formula is C9H10F6O2. The molecule has 8 heteroatoms. The Morgan fingerprint density at radius 3 is 1.65 bits per heavy atom. The summed E-state index contributed by atoms with van der Waals surface area (Å²) in [5.74, 6) is -2.05. The molecule has 0 aromatic carbocycles. The van der Waals surface area contributed by atoms with Crippen LogP contribution < -0.4 is 0 Å². The van der Waals surface area contributed by atoms with Gasteiger partial charge in [0, 0.05) is 6.08 Å². The number of hydrogen-bond acceptors (Lipinski definition) is 2. The third kappa shape index (κ3) is 6.85. The number of carbonyl (C=O) groups excluding carboxylic acids is 1. The van der Waals surface area contributed by atoms with Gasteiger partial charge in [0.1, 0.15) is 11.2 Å². The topological polar surface area (TPSA) is 26.3 Å². The number of carbonyl (C=O) groups is 1. The molecule has 0 aliphatic carbocycles. The fraction of sp³-hybridized carbons (Fsp3) is 0.667. The van der Waals surface area contributed by atoms with Gasteiger partial charge < -0.3 is 4.74 Å². The summed E-state index contributed by atoms with van der Waals surface area (Å²) in [6.45, 7) is 3.73. The lowest BCUT2D eigenvalue weighted by Gasteiger charge is -2.21. The quantitative estimate of drug-likeness (QED) is 0.412. The Balaban J connectivity index is 5.25. The van der Waals surface area contributed by atoms with Crippen LogP contribution in [-0.2, 0) is 9.53 Å². The molecule has 0 spiro atoms. The van der Waals surface area contributed by atoms with E-state index in [1.165, 1.54) is 20.8 Å². The minimum absolute atomic E-state index is 1.11. The van der Waals surface area contributed by atoms with Crippen molar-refractivity contribution >= 4 is 5.97 Å². The van der Waals surface area contributed by atoms with E-state index >= 15 is 0 Å². The number of halogens is 6. The van der Waals surface area contributed by atoms with Crippen molar-refractivity contribution in [3.8, 4) is 0 Å². The molecule has 0 aromatic rings. The normalized spacial score (nSPS) is 14.8. The minimum atomic E-state index is -5.42. The molecule has 0 amide bonds. The van der Waals surface area contributed by atoms with Gasteiger partial charge in [-0.2, -0.15) is 26.3 Å². The van der Waals surface area contributed by atoms with Crippen LogP contribution in [0.1, 0.15) is 20.8 Å². The Morgan fingerprint density at radius 2 is 1.41 bits per heavy atom. The summed E-state index contributed by atoms with van der Waals surface area (Å²) >= 11 is 0. The summed E-state index contributed by atoms with van der Waals surface area (Å²) in [5.41, 5.74) is -3.69. The zero-order valence-electron chi connectivity index (χ0n) is 9.16. The number of hydrogen-bond donors (Lipinski definition) is 0. The number of allylic oxidation sites excluding steroid dienone is 1.